The zero-order valence-electron chi connectivity index (χ0n) is 11.9. The van der Waals surface area contributed by atoms with Crippen molar-refractivity contribution in [2.24, 2.45) is 28.6 Å². The molecule has 2 saturated carbocycles. The molecular formula is C15H26O2. The predicted octanol–water partition coefficient (Wildman–Crippen LogP) is 3.65. The van der Waals surface area contributed by atoms with Crippen LogP contribution < -0.4 is 0 Å². The van der Waals surface area contributed by atoms with Crippen LogP contribution in [0.2, 0.25) is 0 Å². The summed E-state index contributed by atoms with van der Waals surface area (Å²) < 4.78 is 4.84. The van der Waals surface area contributed by atoms with Crippen molar-refractivity contribution in [2.45, 2.75) is 53.4 Å². The standard InChI is InChI=1S/C15H26O2/c1-10(13(16)17-5)8-15(4)7-6-11-12(9-15)14(11,2)3/h10-12H,6-9H2,1-5H3. The molecule has 0 aromatic heterocycles. The van der Waals surface area contributed by atoms with Crippen molar-refractivity contribution in [3.63, 3.8) is 0 Å². The van der Waals surface area contributed by atoms with Gasteiger partial charge >= 0.3 is 5.97 Å². The van der Waals surface area contributed by atoms with E-state index in [0.717, 1.165) is 18.3 Å². The molecule has 0 heterocycles. The van der Waals surface area contributed by atoms with Gasteiger partial charge in [-0.05, 0) is 48.3 Å². The van der Waals surface area contributed by atoms with E-state index in [-0.39, 0.29) is 11.9 Å². The number of hydrogen-bond acceptors (Lipinski definition) is 2. The molecule has 17 heavy (non-hydrogen) atoms. The zero-order valence-corrected chi connectivity index (χ0v) is 11.9. The molecule has 0 aromatic carbocycles. The van der Waals surface area contributed by atoms with Crippen LogP contribution in [0.3, 0.4) is 0 Å². The number of methoxy groups -OCH3 is 1. The minimum Gasteiger partial charge on any atom is -0.469 e. The average Bonchev–Trinajstić information content (AvgIpc) is 2.78. The summed E-state index contributed by atoms with van der Waals surface area (Å²) in [6, 6.07) is 0. The van der Waals surface area contributed by atoms with E-state index in [1.165, 1.54) is 26.4 Å². The maximum Gasteiger partial charge on any atom is 0.308 e. The topological polar surface area (TPSA) is 26.3 Å². The van der Waals surface area contributed by atoms with Gasteiger partial charge in [0.2, 0.25) is 0 Å². The van der Waals surface area contributed by atoms with Gasteiger partial charge in [-0.25, -0.2) is 0 Å². The lowest BCUT2D eigenvalue weighted by molar-refractivity contribution is -0.146. The van der Waals surface area contributed by atoms with Crippen molar-refractivity contribution >= 4 is 5.97 Å². The summed E-state index contributed by atoms with van der Waals surface area (Å²) >= 11 is 0. The average molecular weight is 238 g/mol. The summed E-state index contributed by atoms with van der Waals surface area (Å²) in [7, 11) is 1.49. The fraction of sp³-hybridized carbons (Fsp3) is 0.933. The van der Waals surface area contributed by atoms with Crippen LogP contribution >= 0.6 is 0 Å². The molecule has 2 nitrogen and oxygen atoms in total. The molecule has 4 unspecified atom stereocenters. The molecule has 2 fully saturated rings. The van der Waals surface area contributed by atoms with Crippen LogP contribution in [0.25, 0.3) is 0 Å². The molecule has 2 aliphatic rings. The molecule has 4 atom stereocenters. The van der Waals surface area contributed by atoms with Gasteiger partial charge in [0.1, 0.15) is 0 Å². The van der Waals surface area contributed by atoms with Crippen LogP contribution in [0.5, 0.6) is 0 Å². The molecule has 0 spiro atoms. The van der Waals surface area contributed by atoms with Gasteiger partial charge in [0.25, 0.3) is 0 Å². The van der Waals surface area contributed by atoms with Crippen molar-refractivity contribution in [2.75, 3.05) is 7.11 Å². The van der Waals surface area contributed by atoms with E-state index in [1.54, 1.807) is 0 Å². The zero-order chi connectivity index (χ0) is 12.8. The van der Waals surface area contributed by atoms with Crippen LogP contribution in [0.15, 0.2) is 0 Å². The molecule has 2 aliphatic carbocycles. The monoisotopic (exact) mass is 238 g/mol. The highest BCUT2D eigenvalue weighted by molar-refractivity contribution is 5.71. The summed E-state index contributed by atoms with van der Waals surface area (Å²) in [5.74, 6) is 1.84. The lowest BCUT2D eigenvalue weighted by Gasteiger charge is -2.34. The Balaban J connectivity index is 1.95. The Bertz CT molecular complexity index is 321. The summed E-state index contributed by atoms with van der Waals surface area (Å²) in [5, 5.41) is 0. The molecule has 0 radical (unpaired) electrons. The molecule has 2 heteroatoms. The maximum atomic E-state index is 11.5. The van der Waals surface area contributed by atoms with E-state index in [1.807, 2.05) is 6.92 Å². The molecule has 0 amide bonds. The third-order valence-corrected chi connectivity index (χ3v) is 5.46. The summed E-state index contributed by atoms with van der Waals surface area (Å²) in [4.78, 5) is 11.5. The van der Waals surface area contributed by atoms with Gasteiger partial charge in [0.15, 0.2) is 0 Å². The van der Waals surface area contributed by atoms with Crippen LogP contribution in [-0.2, 0) is 9.53 Å². The van der Waals surface area contributed by atoms with Gasteiger partial charge < -0.3 is 4.74 Å². The SMILES string of the molecule is COC(=O)C(C)CC1(C)CCC2C(C1)C2(C)C. The Kier molecular flexibility index (Phi) is 3.04. The number of carbonyl (C=O) groups excluding carboxylic acids is 1. The minimum absolute atomic E-state index is 0.0448. The van der Waals surface area contributed by atoms with E-state index in [2.05, 4.69) is 20.8 Å². The molecule has 0 aromatic rings. The van der Waals surface area contributed by atoms with E-state index in [4.69, 9.17) is 4.74 Å². The lowest BCUT2D eigenvalue weighted by atomic mass is 9.70. The minimum atomic E-state index is -0.0524. The number of hydrogen-bond donors (Lipinski definition) is 0. The van der Waals surface area contributed by atoms with Crippen LogP contribution in [0.4, 0.5) is 0 Å². The van der Waals surface area contributed by atoms with Crippen molar-refractivity contribution in [1.82, 2.24) is 0 Å². The molecule has 0 aliphatic heterocycles. The van der Waals surface area contributed by atoms with Crippen LogP contribution in [0, 0.1) is 28.6 Å². The van der Waals surface area contributed by atoms with Gasteiger partial charge in [0.05, 0.1) is 13.0 Å². The lowest BCUT2D eigenvalue weighted by Crippen LogP contribution is -2.27. The van der Waals surface area contributed by atoms with Crippen LogP contribution in [-0.4, -0.2) is 13.1 Å². The van der Waals surface area contributed by atoms with Gasteiger partial charge in [-0.1, -0.05) is 27.7 Å². The number of esters is 1. The first-order chi connectivity index (χ1) is 7.80. The van der Waals surface area contributed by atoms with Gasteiger partial charge in [-0.3, -0.25) is 4.79 Å². The van der Waals surface area contributed by atoms with Crippen LogP contribution in [0.1, 0.15) is 53.4 Å². The molecule has 2 rings (SSSR count). The fourth-order valence-corrected chi connectivity index (χ4v) is 4.18. The quantitative estimate of drug-likeness (QED) is 0.702. The van der Waals surface area contributed by atoms with E-state index in [0.29, 0.717) is 10.8 Å². The third-order valence-electron chi connectivity index (χ3n) is 5.46. The number of ether oxygens (including phenoxy) is 1. The highest BCUT2D eigenvalue weighted by Crippen LogP contribution is 2.68. The second-order valence-corrected chi connectivity index (χ2v) is 7.22. The maximum absolute atomic E-state index is 11.5. The Labute approximate surface area is 105 Å². The largest absolute Gasteiger partial charge is 0.469 e. The summed E-state index contributed by atoms with van der Waals surface area (Å²) in [6.45, 7) is 9.16. The second-order valence-electron chi connectivity index (χ2n) is 7.22. The van der Waals surface area contributed by atoms with Gasteiger partial charge in [-0.15, -0.1) is 0 Å². The third kappa shape index (κ3) is 2.23. The molecule has 0 N–H and O–H groups in total. The first kappa shape index (κ1) is 12.9. The normalized spacial score (nSPS) is 40.3. The Hall–Kier alpha value is -0.530. The highest BCUT2D eigenvalue weighted by Gasteiger charge is 2.61. The van der Waals surface area contributed by atoms with Gasteiger partial charge in [0, 0.05) is 0 Å². The first-order valence-electron chi connectivity index (χ1n) is 6.88. The Morgan fingerprint density at radius 1 is 1.35 bits per heavy atom. The van der Waals surface area contributed by atoms with E-state index in [9.17, 15) is 4.79 Å². The fourth-order valence-electron chi connectivity index (χ4n) is 4.18. The predicted molar refractivity (Wildman–Crippen MR) is 68.5 cm³/mol. The van der Waals surface area contributed by atoms with E-state index >= 15 is 0 Å². The Morgan fingerprint density at radius 2 is 2.00 bits per heavy atom. The highest BCUT2D eigenvalue weighted by atomic mass is 16.5. The second kappa shape index (κ2) is 4.00. The van der Waals surface area contributed by atoms with Crippen molar-refractivity contribution < 1.29 is 9.53 Å². The summed E-state index contributed by atoms with van der Waals surface area (Å²) in [5.41, 5.74) is 0.912. The molecule has 0 bridgehead atoms. The van der Waals surface area contributed by atoms with E-state index < -0.39 is 0 Å². The molecular weight excluding hydrogens is 212 g/mol. The smallest absolute Gasteiger partial charge is 0.308 e. The van der Waals surface area contributed by atoms with Crippen molar-refractivity contribution in [3.05, 3.63) is 0 Å². The molecule has 98 valence electrons. The Morgan fingerprint density at radius 3 is 2.53 bits per heavy atom. The number of carbonyl (C=O) groups is 1. The van der Waals surface area contributed by atoms with Crippen molar-refractivity contribution in [1.29, 1.82) is 0 Å². The molecule has 0 saturated heterocycles. The van der Waals surface area contributed by atoms with Crippen molar-refractivity contribution in [3.8, 4) is 0 Å². The van der Waals surface area contributed by atoms with Gasteiger partial charge in [-0.2, -0.15) is 0 Å². The number of fused-ring (bicyclic) bond motifs is 1. The summed E-state index contributed by atoms with van der Waals surface area (Å²) in [6.07, 6.45) is 4.91. The number of rotatable bonds is 3. The first-order valence-corrected chi connectivity index (χ1v) is 6.88.